The molecule has 0 aromatic rings. The van der Waals surface area contributed by atoms with E-state index in [-0.39, 0.29) is 18.5 Å². The van der Waals surface area contributed by atoms with Gasteiger partial charge in [0, 0.05) is 12.8 Å². The van der Waals surface area contributed by atoms with Crippen molar-refractivity contribution in [1.29, 1.82) is 0 Å². The number of hydrogen-bond acceptors (Lipinski definition) is 5. The highest BCUT2D eigenvalue weighted by molar-refractivity contribution is 5.76. The molecule has 0 aromatic carbocycles. The quantitative estimate of drug-likeness (QED) is 0.0320. The number of allylic oxidation sites excluding steroid dienone is 1. The van der Waals surface area contributed by atoms with Crippen LogP contribution >= 0.6 is 0 Å². The minimum atomic E-state index is -0.839. The monoisotopic (exact) mass is 1090 g/mol. The average Bonchev–Trinajstić information content (AvgIpc) is 3.43. The molecular formula is C71H139NO5. The SMILES string of the molecule is CCCCCCCCCCC/C=C/C(O)C(CO)NC(=O)CCCCCCCCCCCCCCCCCCCCCCCCCCCCCCCCOC(=O)CCCCCCCCCCCCCCCCCCCCC. The highest BCUT2D eigenvalue weighted by atomic mass is 16.5. The van der Waals surface area contributed by atoms with Crippen LogP contribution in [0.15, 0.2) is 12.2 Å². The molecule has 6 heteroatoms. The maximum absolute atomic E-state index is 12.4. The van der Waals surface area contributed by atoms with Crippen LogP contribution in [-0.4, -0.2) is 47.4 Å². The van der Waals surface area contributed by atoms with Gasteiger partial charge in [-0.05, 0) is 32.1 Å². The Morgan fingerprint density at radius 3 is 0.883 bits per heavy atom. The van der Waals surface area contributed by atoms with Crippen LogP contribution in [0.5, 0.6) is 0 Å². The fraction of sp³-hybridized carbons (Fsp3) is 0.944. The zero-order valence-electron chi connectivity index (χ0n) is 52.5. The van der Waals surface area contributed by atoms with Crippen molar-refractivity contribution >= 4 is 11.9 Å². The van der Waals surface area contributed by atoms with Crippen LogP contribution in [0.3, 0.4) is 0 Å². The van der Waals surface area contributed by atoms with Gasteiger partial charge in [0.05, 0.1) is 25.4 Å². The maximum Gasteiger partial charge on any atom is 0.305 e. The van der Waals surface area contributed by atoms with E-state index in [0.717, 1.165) is 38.5 Å². The van der Waals surface area contributed by atoms with Gasteiger partial charge in [-0.15, -0.1) is 0 Å². The number of nitrogens with one attached hydrogen (secondary N) is 1. The summed E-state index contributed by atoms with van der Waals surface area (Å²) in [6, 6.07) is -0.623. The molecule has 0 bridgehead atoms. The smallest absolute Gasteiger partial charge is 0.305 e. The largest absolute Gasteiger partial charge is 0.466 e. The van der Waals surface area contributed by atoms with E-state index in [1.165, 1.54) is 340 Å². The Balaban J connectivity index is 3.29. The van der Waals surface area contributed by atoms with Crippen molar-refractivity contribution in [1.82, 2.24) is 5.32 Å². The van der Waals surface area contributed by atoms with E-state index in [1.807, 2.05) is 6.08 Å². The third-order valence-electron chi connectivity index (χ3n) is 16.8. The Kier molecular flexibility index (Phi) is 65.9. The minimum Gasteiger partial charge on any atom is -0.466 e. The van der Waals surface area contributed by atoms with Gasteiger partial charge < -0.3 is 20.3 Å². The fourth-order valence-corrected chi connectivity index (χ4v) is 11.4. The second-order valence-electron chi connectivity index (χ2n) is 24.6. The number of aliphatic hydroxyl groups is 2. The van der Waals surface area contributed by atoms with Gasteiger partial charge in [-0.3, -0.25) is 9.59 Å². The highest BCUT2D eigenvalue weighted by Crippen LogP contribution is 2.19. The van der Waals surface area contributed by atoms with E-state index in [4.69, 9.17) is 4.74 Å². The van der Waals surface area contributed by atoms with E-state index in [2.05, 4.69) is 19.2 Å². The lowest BCUT2D eigenvalue weighted by molar-refractivity contribution is -0.143. The molecule has 1 amide bonds. The summed E-state index contributed by atoms with van der Waals surface area (Å²) in [6.45, 7) is 4.93. The van der Waals surface area contributed by atoms with Crippen molar-refractivity contribution in [2.24, 2.45) is 0 Å². The molecule has 2 atom stereocenters. The van der Waals surface area contributed by atoms with Crippen LogP contribution in [0.4, 0.5) is 0 Å². The third kappa shape index (κ3) is 63.6. The van der Waals surface area contributed by atoms with Gasteiger partial charge in [0.15, 0.2) is 0 Å². The predicted molar refractivity (Wildman–Crippen MR) is 338 cm³/mol. The Morgan fingerprint density at radius 1 is 0.351 bits per heavy atom. The van der Waals surface area contributed by atoms with Crippen LogP contribution in [0.2, 0.25) is 0 Å². The standard InChI is InChI=1S/C71H139NO5/c1-3-5-7-9-11-13-15-16-17-18-31-35-38-41-45-49-53-57-61-65-71(76)77-66-62-58-54-50-46-42-39-36-33-30-28-26-24-22-20-19-21-23-25-27-29-32-34-37-40-44-48-52-56-60-64-70(75)72-68(67-73)69(74)63-59-55-51-47-43-14-12-10-8-6-4-2/h59,63,68-69,73-74H,3-58,60-62,64-67H2,1-2H3,(H,72,75)/b63-59+. The Bertz CT molecular complexity index is 1160. The lowest BCUT2D eigenvalue weighted by atomic mass is 10.0. The molecular weight excluding hydrogens is 947 g/mol. The molecule has 0 radical (unpaired) electrons. The number of rotatable bonds is 67. The van der Waals surface area contributed by atoms with Crippen molar-refractivity contribution in [3.63, 3.8) is 0 Å². The van der Waals surface area contributed by atoms with Crippen molar-refractivity contribution in [3.05, 3.63) is 12.2 Å². The number of unbranched alkanes of at least 4 members (excludes halogenated alkanes) is 56. The fourth-order valence-electron chi connectivity index (χ4n) is 11.4. The maximum atomic E-state index is 12.4. The molecule has 0 aliphatic carbocycles. The van der Waals surface area contributed by atoms with Gasteiger partial charge >= 0.3 is 5.97 Å². The van der Waals surface area contributed by atoms with E-state index in [0.29, 0.717) is 19.4 Å². The van der Waals surface area contributed by atoms with Crippen molar-refractivity contribution in [3.8, 4) is 0 Å². The van der Waals surface area contributed by atoms with Crippen molar-refractivity contribution in [2.45, 2.75) is 418 Å². The zero-order chi connectivity index (χ0) is 55.7. The molecule has 3 N–H and O–H groups in total. The molecule has 0 aliphatic rings. The summed E-state index contributed by atoms with van der Waals surface area (Å²) in [5, 5.41) is 23.1. The molecule has 2 unspecified atom stereocenters. The summed E-state index contributed by atoms with van der Waals surface area (Å²) < 4.78 is 5.52. The molecule has 0 rings (SSSR count). The first-order chi connectivity index (χ1) is 38.0. The van der Waals surface area contributed by atoms with Crippen LogP contribution in [0.25, 0.3) is 0 Å². The van der Waals surface area contributed by atoms with Crippen LogP contribution in [0, 0.1) is 0 Å². The Morgan fingerprint density at radius 2 is 0.597 bits per heavy atom. The third-order valence-corrected chi connectivity index (χ3v) is 16.8. The summed E-state index contributed by atoms with van der Waals surface area (Å²) in [5.74, 6) is -0.0378. The molecule has 0 saturated heterocycles. The molecule has 458 valence electrons. The first-order valence-electron chi connectivity index (χ1n) is 35.5. The number of carbonyl (C=O) groups is 2. The number of ether oxygens (including phenoxy) is 1. The molecule has 6 nitrogen and oxygen atoms in total. The van der Waals surface area contributed by atoms with Crippen molar-refractivity contribution in [2.75, 3.05) is 13.2 Å². The van der Waals surface area contributed by atoms with Gasteiger partial charge in [-0.25, -0.2) is 0 Å². The van der Waals surface area contributed by atoms with E-state index < -0.39 is 12.1 Å². The van der Waals surface area contributed by atoms with E-state index in [1.54, 1.807) is 6.08 Å². The van der Waals surface area contributed by atoms with Gasteiger partial charge in [0.2, 0.25) is 5.91 Å². The van der Waals surface area contributed by atoms with Gasteiger partial charge in [0.1, 0.15) is 0 Å². The molecule has 0 heterocycles. The molecule has 0 fully saturated rings. The van der Waals surface area contributed by atoms with Crippen LogP contribution in [0.1, 0.15) is 406 Å². The molecule has 0 aromatic heterocycles. The molecule has 0 spiro atoms. The van der Waals surface area contributed by atoms with Gasteiger partial charge in [0.25, 0.3) is 0 Å². The summed E-state index contributed by atoms with van der Waals surface area (Å²) in [6.07, 6.45) is 83.1. The second-order valence-corrected chi connectivity index (χ2v) is 24.6. The minimum absolute atomic E-state index is 0.0254. The predicted octanol–water partition coefficient (Wildman–Crippen LogP) is 22.8. The topological polar surface area (TPSA) is 95.9 Å². The summed E-state index contributed by atoms with van der Waals surface area (Å²) in [7, 11) is 0. The van der Waals surface area contributed by atoms with E-state index >= 15 is 0 Å². The highest BCUT2D eigenvalue weighted by Gasteiger charge is 2.18. The second kappa shape index (κ2) is 67.1. The number of esters is 1. The summed E-state index contributed by atoms with van der Waals surface area (Å²) in [5.41, 5.74) is 0. The first-order valence-corrected chi connectivity index (χ1v) is 35.5. The van der Waals surface area contributed by atoms with Gasteiger partial charge in [-0.1, -0.05) is 373 Å². The Labute approximate surface area is 482 Å². The summed E-state index contributed by atoms with van der Waals surface area (Å²) >= 11 is 0. The number of amides is 1. The molecule has 77 heavy (non-hydrogen) atoms. The summed E-state index contributed by atoms with van der Waals surface area (Å²) in [4.78, 5) is 24.6. The normalized spacial score (nSPS) is 12.5. The molecule has 0 saturated carbocycles. The molecule has 0 aliphatic heterocycles. The first kappa shape index (κ1) is 75.6. The Hall–Kier alpha value is -1.40. The number of aliphatic hydroxyl groups excluding tert-OH is 2. The lowest BCUT2D eigenvalue weighted by Crippen LogP contribution is -2.45. The number of hydrogen-bond donors (Lipinski definition) is 3. The van der Waals surface area contributed by atoms with Crippen LogP contribution < -0.4 is 5.32 Å². The lowest BCUT2D eigenvalue weighted by Gasteiger charge is -2.20. The zero-order valence-corrected chi connectivity index (χ0v) is 52.5. The van der Waals surface area contributed by atoms with Gasteiger partial charge in [-0.2, -0.15) is 0 Å². The number of carbonyl (C=O) groups excluding carboxylic acids is 2. The van der Waals surface area contributed by atoms with Crippen molar-refractivity contribution < 1.29 is 24.5 Å². The van der Waals surface area contributed by atoms with E-state index in [9.17, 15) is 19.8 Å². The van der Waals surface area contributed by atoms with Crippen LogP contribution in [-0.2, 0) is 14.3 Å². The average molecular weight is 1090 g/mol.